The summed E-state index contributed by atoms with van der Waals surface area (Å²) in [6.45, 7) is 0. The van der Waals surface area contributed by atoms with Crippen LogP contribution in [0, 0.1) is 0 Å². The van der Waals surface area contributed by atoms with Gasteiger partial charge in [-0.3, -0.25) is 0 Å². The summed E-state index contributed by atoms with van der Waals surface area (Å²) in [6, 6.07) is 7.36. The second-order valence-corrected chi connectivity index (χ2v) is 5.29. The molecule has 0 aliphatic rings. The van der Waals surface area contributed by atoms with Crippen LogP contribution in [0.25, 0.3) is 0 Å². The number of nitrogen functional groups attached to an aromatic ring is 1. The van der Waals surface area contributed by atoms with E-state index in [0.717, 1.165) is 4.90 Å². The van der Waals surface area contributed by atoms with Gasteiger partial charge < -0.3 is 5.73 Å². The summed E-state index contributed by atoms with van der Waals surface area (Å²) in [5.41, 5.74) is 6.01. The van der Waals surface area contributed by atoms with Crippen LogP contribution in [0.15, 0.2) is 33.6 Å². The zero-order valence-electron chi connectivity index (χ0n) is 9.35. The number of rotatable bonds is 3. The van der Waals surface area contributed by atoms with Gasteiger partial charge in [-0.15, -0.1) is 0 Å². The number of nitrogens with zero attached hydrogens (tertiary/aromatic N) is 3. The Labute approximate surface area is 129 Å². The van der Waals surface area contributed by atoms with Crippen LogP contribution in [0.3, 0.4) is 0 Å². The lowest BCUT2D eigenvalue weighted by Gasteiger charge is -2.01. The van der Waals surface area contributed by atoms with Crippen LogP contribution in [0.2, 0.25) is 15.3 Å². The first-order valence-corrected chi connectivity index (χ1v) is 6.92. The van der Waals surface area contributed by atoms with E-state index in [2.05, 4.69) is 14.4 Å². The Hall–Kier alpha value is -1.01. The van der Waals surface area contributed by atoms with Crippen LogP contribution in [0.1, 0.15) is 5.69 Å². The van der Waals surface area contributed by atoms with Gasteiger partial charge in [0.15, 0.2) is 16.1 Å². The van der Waals surface area contributed by atoms with Crippen molar-refractivity contribution in [2.24, 2.45) is 4.40 Å². The average molecular weight is 334 g/mol. The van der Waals surface area contributed by atoms with Crippen molar-refractivity contribution in [3.05, 3.63) is 45.3 Å². The van der Waals surface area contributed by atoms with E-state index in [4.69, 9.17) is 40.5 Å². The van der Waals surface area contributed by atoms with Gasteiger partial charge in [0.05, 0.1) is 11.2 Å². The fourth-order valence-electron chi connectivity index (χ4n) is 1.17. The normalized spacial score (nSPS) is 11.1. The van der Waals surface area contributed by atoms with Gasteiger partial charge in [0.25, 0.3) is 0 Å². The first-order valence-electron chi connectivity index (χ1n) is 5.01. The molecule has 1 heterocycles. The van der Waals surface area contributed by atoms with Crippen molar-refractivity contribution in [2.75, 3.05) is 5.73 Å². The lowest BCUT2D eigenvalue weighted by Crippen LogP contribution is -2.01. The number of nitrogens with two attached hydrogens (primary N) is 1. The number of hydrogen-bond donors (Lipinski definition) is 1. The van der Waals surface area contributed by atoms with Gasteiger partial charge in [-0.1, -0.05) is 46.9 Å². The number of aromatic nitrogens is 2. The predicted molar refractivity (Wildman–Crippen MR) is 81.4 cm³/mol. The second-order valence-electron chi connectivity index (χ2n) is 3.33. The van der Waals surface area contributed by atoms with E-state index in [0.29, 0.717) is 10.7 Å². The zero-order valence-corrected chi connectivity index (χ0v) is 12.4. The van der Waals surface area contributed by atoms with Crippen molar-refractivity contribution in [2.45, 2.75) is 4.90 Å². The van der Waals surface area contributed by atoms with Gasteiger partial charge in [-0.2, -0.15) is 0 Å². The Bertz CT molecular complexity index is 633. The van der Waals surface area contributed by atoms with Crippen molar-refractivity contribution in [3.63, 3.8) is 0 Å². The molecule has 2 aromatic rings. The molecule has 0 saturated carbocycles. The molecular formula is C11H7Cl3N4S. The summed E-state index contributed by atoms with van der Waals surface area (Å²) in [5, 5.41) is 0.771. The molecular weight excluding hydrogens is 327 g/mol. The molecule has 1 aromatic carbocycles. The molecule has 8 heteroatoms. The van der Waals surface area contributed by atoms with Crippen LogP contribution < -0.4 is 5.73 Å². The largest absolute Gasteiger partial charge is 0.382 e. The van der Waals surface area contributed by atoms with Gasteiger partial charge in [-0.25, -0.2) is 14.4 Å². The zero-order chi connectivity index (χ0) is 13.8. The number of anilines is 1. The molecule has 1 aromatic heterocycles. The third-order valence-electron chi connectivity index (χ3n) is 2.03. The summed E-state index contributed by atoms with van der Waals surface area (Å²) in [5.74, 6) is 0.165. The molecule has 0 atom stereocenters. The van der Waals surface area contributed by atoms with Crippen LogP contribution in [-0.2, 0) is 0 Å². The van der Waals surface area contributed by atoms with E-state index in [1.165, 1.54) is 18.2 Å². The molecule has 2 rings (SSSR count). The van der Waals surface area contributed by atoms with Gasteiger partial charge in [0, 0.05) is 16.8 Å². The molecule has 0 spiro atoms. The van der Waals surface area contributed by atoms with E-state index < -0.39 is 0 Å². The molecule has 4 nitrogen and oxygen atoms in total. The topological polar surface area (TPSA) is 64.2 Å². The summed E-state index contributed by atoms with van der Waals surface area (Å²) >= 11 is 18.6. The Morgan fingerprint density at radius 3 is 2.53 bits per heavy atom. The number of benzene rings is 1. The summed E-state index contributed by atoms with van der Waals surface area (Å²) in [4.78, 5) is 8.64. The predicted octanol–water partition coefficient (Wildman–Crippen LogP) is 4.15. The maximum Gasteiger partial charge on any atom is 0.168 e. The highest BCUT2D eigenvalue weighted by atomic mass is 35.5. The van der Waals surface area contributed by atoms with Crippen molar-refractivity contribution in [1.29, 1.82) is 0 Å². The Morgan fingerprint density at radius 1 is 1.11 bits per heavy atom. The fraction of sp³-hybridized carbons (Fsp3) is 0. The fourth-order valence-corrected chi connectivity index (χ4v) is 2.23. The van der Waals surface area contributed by atoms with Crippen LogP contribution >= 0.6 is 46.8 Å². The SMILES string of the molecule is Nc1nc(Cl)c(Cl)nc1C=NSc1ccccc1Cl. The smallest absolute Gasteiger partial charge is 0.168 e. The second kappa shape index (κ2) is 6.43. The molecule has 0 aliphatic heterocycles. The molecule has 0 fully saturated rings. The Kier molecular flexibility index (Phi) is 4.87. The lowest BCUT2D eigenvalue weighted by molar-refractivity contribution is 1.20. The average Bonchev–Trinajstić information content (AvgIpc) is 2.38. The van der Waals surface area contributed by atoms with Gasteiger partial charge in [0.1, 0.15) is 5.69 Å². The highest BCUT2D eigenvalue weighted by Crippen LogP contribution is 2.27. The molecule has 19 heavy (non-hydrogen) atoms. The first kappa shape index (κ1) is 14.4. The van der Waals surface area contributed by atoms with E-state index >= 15 is 0 Å². The molecule has 2 N–H and O–H groups in total. The van der Waals surface area contributed by atoms with Crippen molar-refractivity contribution in [1.82, 2.24) is 9.97 Å². The summed E-state index contributed by atoms with van der Waals surface area (Å²) in [7, 11) is 0. The summed E-state index contributed by atoms with van der Waals surface area (Å²) in [6.07, 6.45) is 1.46. The third kappa shape index (κ3) is 3.73. The maximum absolute atomic E-state index is 6.00. The van der Waals surface area contributed by atoms with Crippen LogP contribution in [0.5, 0.6) is 0 Å². The van der Waals surface area contributed by atoms with Gasteiger partial charge in [-0.05, 0) is 12.1 Å². The monoisotopic (exact) mass is 332 g/mol. The molecule has 0 radical (unpaired) electrons. The molecule has 0 aliphatic carbocycles. The van der Waals surface area contributed by atoms with Gasteiger partial charge >= 0.3 is 0 Å². The molecule has 0 unspecified atom stereocenters. The number of hydrogen-bond acceptors (Lipinski definition) is 5. The van der Waals surface area contributed by atoms with Crippen molar-refractivity contribution in [3.8, 4) is 0 Å². The van der Waals surface area contributed by atoms with Crippen molar-refractivity contribution < 1.29 is 0 Å². The maximum atomic E-state index is 6.00. The quantitative estimate of drug-likeness (QED) is 0.677. The highest BCUT2D eigenvalue weighted by molar-refractivity contribution is 7.98. The van der Waals surface area contributed by atoms with E-state index in [-0.39, 0.29) is 16.1 Å². The third-order valence-corrected chi connectivity index (χ3v) is 3.86. The molecule has 0 saturated heterocycles. The summed E-state index contributed by atoms with van der Waals surface area (Å²) < 4.78 is 4.13. The van der Waals surface area contributed by atoms with Crippen LogP contribution in [0.4, 0.5) is 5.82 Å². The minimum atomic E-state index is 0.0649. The van der Waals surface area contributed by atoms with Gasteiger partial charge in [0.2, 0.25) is 0 Å². The molecule has 0 bridgehead atoms. The molecule has 0 amide bonds. The first-order chi connectivity index (χ1) is 9.08. The van der Waals surface area contributed by atoms with Crippen molar-refractivity contribution >= 4 is 58.8 Å². The standard InChI is InChI=1S/C11H7Cl3N4S/c12-6-3-1-2-4-8(6)19-16-5-7-11(15)18-10(14)9(13)17-7/h1-5H,(H2,15,18). The van der Waals surface area contributed by atoms with Crippen LogP contribution in [-0.4, -0.2) is 16.2 Å². The minimum Gasteiger partial charge on any atom is -0.382 e. The lowest BCUT2D eigenvalue weighted by atomic mass is 10.4. The Balaban J connectivity index is 2.16. The minimum absolute atomic E-state index is 0.0649. The highest BCUT2D eigenvalue weighted by Gasteiger charge is 2.06. The van der Waals surface area contributed by atoms with E-state index in [1.54, 1.807) is 6.07 Å². The van der Waals surface area contributed by atoms with E-state index in [9.17, 15) is 0 Å². The van der Waals surface area contributed by atoms with E-state index in [1.807, 2.05) is 18.2 Å². The Morgan fingerprint density at radius 2 is 1.79 bits per heavy atom. The molecule has 98 valence electrons. The number of halogens is 3.